The first-order chi connectivity index (χ1) is 7.06. The van der Waals surface area contributed by atoms with Crippen LogP contribution in [-0.4, -0.2) is 29.9 Å². The second kappa shape index (κ2) is 5.50. The van der Waals surface area contributed by atoms with E-state index in [0.717, 1.165) is 25.8 Å². The van der Waals surface area contributed by atoms with Gasteiger partial charge in [0.05, 0.1) is 0 Å². The molecule has 1 aliphatic rings. The number of hydrogen-bond donors (Lipinski definition) is 1. The topological polar surface area (TPSA) is 46.3 Å². The number of amides is 1. The van der Waals surface area contributed by atoms with Crippen LogP contribution in [-0.2, 0) is 4.79 Å². The number of likely N-dealkylation sites (tertiary alicyclic amines) is 1. The lowest BCUT2D eigenvalue weighted by molar-refractivity contribution is -0.138. The lowest BCUT2D eigenvalue weighted by Gasteiger charge is -2.39. The molecule has 0 spiro atoms. The Bertz CT molecular complexity index is 216. The molecule has 1 rings (SSSR count). The highest BCUT2D eigenvalue weighted by Gasteiger charge is 2.30. The molecule has 2 unspecified atom stereocenters. The van der Waals surface area contributed by atoms with Crippen LogP contribution in [0.2, 0.25) is 0 Å². The molecule has 0 aliphatic carbocycles. The molecule has 0 bridgehead atoms. The van der Waals surface area contributed by atoms with Gasteiger partial charge in [0.15, 0.2) is 0 Å². The molecule has 0 aromatic heterocycles. The summed E-state index contributed by atoms with van der Waals surface area (Å²) in [5.74, 6) is 1.28. The van der Waals surface area contributed by atoms with E-state index >= 15 is 0 Å². The summed E-state index contributed by atoms with van der Waals surface area (Å²) in [6.07, 6.45) is 2.93. The van der Waals surface area contributed by atoms with Gasteiger partial charge in [0, 0.05) is 19.0 Å². The summed E-state index contributed by atoms with van der Waals surface area (Å²) in [6.45, 7) is 8.00. The molecule has 3 heteroatoms. The number of carbonyl (C=O) groups is 1. The van der Waals surface area contributed by atoms with Crippen molar-refractivity contribution in [1.82, 2.24) is 4.90 Å². The molecule has 88 valence electrons. The summed E-state index contributed by atoms with van der Waals surface area (Å²) in [5.41, 5.74) is 5.62. The number of rotatable bonds is 4. The normalized spacial score (nSPS) is 24.7. The fourth-order valence-electron chi connectivity index (χ4n) is 2.29. The fourth-order valence-corrected chi connectivity index (χ4v) is 2.29. The molecule has 3 nitrogen and oxygen atoms in total. The number of nitrogens with zero attached hydrogens (tertiary/aromatic N) is 1. The first-order valence-corrected chi connectivity index (χ1v) is 6.05. The van der Waals surface area contributed by atoms with E-state index in [0.29, 0.717) is 30.3 Å². The lowest BCUT2D eigenvalue weighted by atomic mass is 9.91. The Morgan fingerprint density at radius 1 is 1.47 bits per heavy atom. The molecule has 0 radical (unpaired) electrons. The van der Waals surface area contributed by atoms with E-state index < -0.39 is 0 Å². The number of nitrogens with two attached hydrogens (primary N) is 1. The van der Waals surface area contributed by atoms with Crippen LogP contribution < -0.4 is 5.73 Å². The zero-order chi connectivity index (χ0) is 11.4. The number of piperidine rings is 1. The highest BCUT2D eigenvalue weighted by atomic mass is 16.2. The van der Waals surface area contributed by atoms with E-state index in [9.17, 15) is 4.79 Å². The summed E-state index contributed by atoms with van der Waals surface area (Å²) in [4.78, 5) is 13.9. The van der Waals surface area contributed by atoms with E-state index in [4.69, 9.17) is 5.73 Å². The predicted molar refractivity (Wildman–Crippen MR) is 62.4 cm³/mol. The maximum absolute atomic E-state index is 11.8. The molecule has 0 saturated carbocycles. The van der Waals surface area contributed by atoms with Gasteiger partial charge in [-0.3, -0.25) is 4.79 Å². The maximum atomic E-state index is 11.8. The van der Waals surface area contributed by atoms with Crippen molar-refractivity contribution < 1.29 is 4.79 Å². The fraction of sp³-hybridized carbons (Fsp3) is 0.917. The second-order valence-electron chi connectivity index (χ2n) is 5.09. The molecule has 1 heterocycles. The highest BCUT2D eigenvalue weighted by molar-refractivity contribution is 5.77. The Morgan fingerprint density at radius 3 is 2.67 bits per heavy atom. The van der Waals surface area contributed by atoms with Crippen molar-refractivity contribution in [3.63, 3.8) is 0 Å². The van der Waals surface area contributed by atoms with Crippen LogP contribution >= 0.6 is 0 Å². The maximum Gasteiger partial charge on any atom is 0.222 e. The monoisotopic (exact) mass is 212 g/mol. The third-order valence-electron chi connectivity index (χ3n) is 3.29. The van der Waals surface area contributed by atoms with Crippen LogP contribution in [0.1, 0.15) is 40.0 Å². The third kappa shape index (κ3) is 3.20. The minimum absolute atomic E-state index is 0.320. The Morgan fingerprint density at radius 2 is 2.13 bits per heavy atom. The summed E-state index contributed by atoms with van der Waals surface area (Å²) in [5, 5.41) is 0. The van der Waals surface area contributed by atoms with Gasteiger partial charge < -0.3 is 10.6 Å². The van der Waals surface area contributed by atoms with Crippen LogP contribution in [0.15, 0.2) is 0 Å². The van der Waals surface area contributed by atoms with E-state index in [-0.39, 0.29) is 0 Å². The predicted octanol–water partition coefficient (Wildman–Crippen LogP) is 1.62. The molecule has 1 fully saturated rings. The minimum Gasteiger partial charge on any atom is -0.339 e. The molecule has 1 aliphatic heterocycles. The van der Waals surface area contributed by atoms with E-state index in [1.165, 1.54) is 0 Å². The van der Waals surface area contributed by atoms with Crippen molar-refractivity contribution >= 4 is 5.91 Å². The zero-order valence-electron chi connectivity index (χ0n) is 10.2. The summed E-state index contributed by atoms with van der Waals surface area (Å²) >= 11 is 0. The summed E-state index contributed by atoms with van der Waals surface area (Å²) in [6, 6.07) is 0.431. The van der Waals surface area contributed by atoms with Gasteiger partial charge in [0.2, 0.25) is 5.91 Å². The third-order valence-corrected chi connectivity index (χ3v) is 3.29. The number of carbonyl (C=O) groups excluding carboxylic acids is 1. The van der Waals surface area contributed by atoms with Crippen LogP contribution in [0.5, 0.6) is 0 Å². The standard InChI is InChI=1S/C12H24N2O/c1-9(2)11-5-4-6-12(15)14(11)8-10(3)7-13/h9-11H,4-8,13H2,1-3H3. The number of hydrogen-bond acceptors (Lipinski definition) is 2. The van der Waals surface area contributed by atoms with Crippen LogP contribution in [0.4, 0.5) is 0 Å². The summed E-state index contributed by atoms with van der Waals surface area (Å²) in [7, 11) is 0. The largest absolute Gasteiger partial charge is 0.339 e. The summed E-state index contributed by atoms with van der Waals surface area (Å²) < 4.78 is 0. The van der Waals surface area contributed by atoms with Crippen molar-refractivity contribution in [1.29, 1.82) is 0 Å². The Labute approximate surface area is 93.0 Å². The first kappa shape index (κ1) is 12.5. The van der Waals surface area contributed by atoms with Gasteiger partial charge in [0.25, 0.3) is 0 Å². The molecule has 0 aromatic rings. The van der Waals surface area contributed by atoms with Crippen molar-refractivity contribution in [2.24, 2.45) is 17.6 Å². The van der Waals surface area contributed by atoms with Gasteiger partial charge >= 0.3 is 0 Å². The van der Waals surface area contributed by atoms with Gasteiger partial charge in [-0.05, 0) is 31.2 Å². The van der Waals surface area contributed by atoms with E-state index in [2.05, 4.69) is 25.7 Å². The molecular formula is C12H24N2O. The van der Waals surface area contributed by atoms with Crippen molar-refractivity contribution in [2.75, 3.05) is 13.1 Å². The SMILES string of the molecule is CC(CN)CN1C(=O)CCCC1C(C)C. The van der Waals surface area contributed by atoms with Gasteiger partial charge in [-0.2, -0.15) is 0 Å². The van der Waals surface area contributed by atoms with Crippen LogP contribution in [0, 0.1) is 11.8 Å². The minimum atomic E-state index is 0.320. The quantitative estimate of drug-likeness (QED) is 0.769. The Kier molecular flexibility index (Phi) is 4.58. The molecule has 1 amide bonds. The van der Waals surface area contributed by atoms with E-state index in [1.807, 2.05) is 0 Å². The van der Waals surface area contributed by atoms with E-state index in [1.54, 1.807) is 0 Å². The molecule has 15 heavy (non-hydrogen) atoms. The second-order valence-corrected chi connectivity index (χ2v) is 5.09. The van der Waals surface area contributed by atoms with Crippen molar-refractivity contribution in [2.45, 2.75) is 46.1 Å². The first-order valence-electron chi connectivity index (χ1n) is 6.05. The average Bonchev–Trinajstić information content (AvgIpc) is 2.20. The van der Waals surface area contributed by atoms with Gasteiger partial charge in [-0.15, -0.1) is 0 Å². The molecule has 1 saturated heterocycles. The highest BCUT2D eigenvalue weighted by Crippen LogP contribution is 2.24. The molecule has 0 aromatic carbocycles. The van der Waals surface area contributed by atoms with Crippen molar-refractivity contribution in [3.8, 4) is 0 Å². The molecule has 2 atom stereocenters. The van der Waals surface area contributed by atoms with Crippen LogP contribution in [0.3, 0.4) is 0 Å². The molecule has 2 N–H and O–H groups in total. The zero-order valence-corrected chi connectivity index (χ0v) is 10.2. The van der Waals surface area contributed by atoms with Gasteiger partial charge in [0.1, 0.15) is 0 Å². The van der Waals surface area contributed by atoms with Gasteiger partial charge in [-0.25, -0.2) is 0 Å². The average molecular weight is 212 g/mol. The Balaban J connectivity index is 2.64. The lowest BCUT2D eigenvalue weighted by Crippen LogP contribution is -2.48. The Hall–Kier alpha value is -0.570. The smallest absolute Gasteiger partial charge is 0.222 e. The van der Waals surface area contributed by atoms with Gasteiger partial charge in [-0.1, -0.05) is 20.8 Å². The molecular weight excluding hydrogens is 188 g/mol. The van der Waals surface area contributed by atoms with Crippen molar-refractivity contribution in [3.05, 3.63) is 0 Å². The van der Waals surface area contributed by atoms with Crippen LogP contribution in [0.25, 0.3) is 0 Å².